The lowest BCUT2D eigenvalue weighted by Gasteiger charge is -2.27. The van der Waals surface area contributed by atoms with E-state index in [1.54, 1.807) is 18.0 Å². The van der Waals surface area contributed by atoms with Gasteiger partial charge in [0.2, 0.25) is 0 Å². The van der Waals surface area contributed by atoms with Crippen molar-refractivity contribution in [2.24, 2.45) is 5.73 Å². The second kappa shape index (κ2) is 6.28. The molecule has 0 amide bonds. The van der Waals surface area contributed by atoms with E-state index in [1.165, 1.54) is 0 Å². The van der Waals surface area contributed by atoms with E-state index in [9.17, 15) is 5.11 Å². The smallest absolute Gasteiger partial charge is 0.114 e. The zero-order chi connectivity index (χ0) is 13.7. The summed E-state index contributed by atoms with van der Waals surface area (Å²) in [7, 11) is 0. The zero-order valence-corrected chi connectivity index (χ0v) is 11.8. The van der Waals surface area contributed by atoms with Crippen molar-refractivity contribution in [2.45, 2.75) is 23.8 Å². The number of hydrogen-bond donors (Lipinski definition) is 2. The molecule has 0 bridgehead atoms. The average molecular weight is 277 g/mol. The highest BCUT2D eigenvalue weighted by atomic mass is 32.2. The molecule has 0 aliphatic rings. The third-order valence-corrected chi connectivity index (χ3v) is 4.39. The van der Waals surface area contributed by atoms with Crippen LogP contribution in [0.2, 0.25) is 0 Å². The molecular formula is C15H19NO2S. The van der Waals surface area contributed by atoms with Gasteiger partial charge in [-0.05, 0) is 25.0 Å². The van der Waals surface area contributed by atoms with Gasteiger partial charge in [-0.2, -0.15) is 0 Å². The summed E-state index contributed by atoms with van der Waals surface area (Å²) in [5.41, 5.74) is 6.61. The molecule has 4 heteroatoms. The largest absolute Gasteiger partial charge is 0.468 e. The van der Waals surface area contributed by atoms with Gasteiger partial charge in [-0.25, -0.2) is 0 Å². The Hall–Kier alpha value is -1.23. The van der Waals surface area contributed by atoms with Crippen molar-refractivity contribution in [3.8, 4) is 0 Å². The van der Waals surface area contributed by atoms with E-state index in [0.717, 1.165) is 22.0 Å². The minimum absolute atomic E-state index is 0.0536. The third kappa shape index (κ3) is 3.41. The van der Waals surface area contributed by atoms with Gasteiger partial charge < -0.3 is 15.3 Å². The number of rotatable bonds is 6. The number of thioether (sulfide) groups is 1. The Balaban J connectivity index is 1.98. The molecule has 1 aromatic carbocycles. The van der Waals surface area contributed by atoms with Crippen LogP contribution in [0.5, 0.6) is 0 Å². The first-order valence-electron chi connectivity index (χ1n) is 6.28. The minimum atomic E-state index is -0.675. The summed E-state index contributed by atoms with van der Waals surface area (Å²) in [5, 5.41) is 9.60. The molecule has 0 saturated heterocycles. The van der Waals surface area contributed by atoms with Gasteiger partial charge >= 0.3 is 0 Å². The van der Waals surface area contributed by atoms with E-state index in [1.807, 2.05) is 43.3 Å². The Kier molecular flexibility index (Phi) is 4.69. The summed E-state index contributed by atoms with van der Waals surface area (Å²) in [5.74, 6) is 1.77. The van der Waals surface area contributed by atoms with Crippen molar-refractivity contribution in [1.82, 2.24) is 0 Å². The zero-order valence-electron chi connectivity index (χ0n) is 11.0. The van der Waals surface area contributed by atoms with Gasteiger partial charge in [0.1, 0.15) is 5.76 Å². The van der Waals surface area contributed by atoms with Gasteiger partial charge in [0.05, 0.1) is 18.4 Å². The summed E-state index contributed by atoms with van der Waals surface area (Å²) >= 11 is 1.71. The van der Waals surface area contributed by atoms with E-state index in [4.69, 9.17) is 10.2 Å². The number of furan rings is 1. The van der Waals surface area contributed by atoms with Crippen LogP contribution in [0.3, 0.4) is 0 Å². The molecule has 0 aliphatic carbocycles. The van der Waals surface area contributed by atoms with Crippen LogP contribution in [0.25, 0.3) is 0 Å². The number of benzene rings is 1. The van der Waals surface area contributed by atoms with Gasteiger partial charge in [0.25, 0.3) is 0 Å². The van der Waals surface area contributed by atoms with E-state index in [-0.39, 0.29) is 6.61 Å². The first kappa shape index (κ1) is 14.2. The number of nitrogens with two attached hydrogens (primary N) is 1. The molecule has 0 saturated carbocycles. The number of hydrogen-bond acceptors (Lipinski definition) is 4. The van der Waals surface area contributed by atoms with E-state index < -0.39 is 5.54 Å². The van der Waals surface area contributed by atoms with Crippen molar-refractivity contribution in [3.63, 3.8) is 0 Å². The molecule has 3 N–H and O–H groups in total. The summed E-state index contributed by atoms with van der Waals surface area (Å²) < 4.78 is 5.26. The molecule has 1 aromatic heterocycles. The standard InChI is InChI=1S/C15H19NO2S/c1-12-14(7-9-18-12)19-10-8-15(16,11-17)13-5-3-2-4-6-13/h2-7,9,17H,8,10-11,16H2,1H3. The fourth-order valence-corrected chi connectivity index (χ4v) is 3.04. The molecule has 0 aliphatic heterocycles. The fourth-order valence-electron chi connectivity index (χ4n) is 1.95. The molecule has 0 spiro atoms. The van der Waals surface area contributed by atoms with Crippen LogP contribution in [0.15, 0.2) is 52.0 Å². The van der Waals surface area contributed by atoms with Crippen molar-refractivity contribution in [3.05, 3.63) is 54.0 Å². The average Bonchev–Trinajstić information content (AvgIpc) is 2.85. The number of aryl methyl sites for hydroxylation is 1. The Morgan fingerprint density at radius 2 is 2.00 bits per heavy atom. The maximum atomic E-state index is 9.60. The number of aliphatic hydroxyl groups is 1. The summed E-state index contributed by atoms with van der Waals surface area (Å²) in [6.07, 6.45) is 2.40. The molecule has 2 rings (SSSR count). The molecule has 102 valence electrons. The Bertz CT molecular complexity index is 512. The van der Waals surface area contributed by atoms with Crippen LogP contribution < -0.4 is 5.73 Å². The first-order chi connectivity index (χ1) is 9.15. The second-order valence-corrected chi connectivity index (χ2v) is 5.76. The highest BCUT2D eigenvalue weighted by molar-refractivity contribution is 7.99. The molecule has 1 atom stereocenters. The quantitative estimate of drug-likeness (QED) is 0.797. The second-order valence-electron chi connectivity index (χ2n) is 4.62. The monoisotopic (exact) mass is 277 g/mol. The van der Waals surface area contributed by atoms with Crippen LogP contribution in [0, 0.1) is 6.92 Å². The maximum Gasteiger partial charge on any atom is 0.114 e. The lowest BCUT2D eigenvalue weighted by molar-refractivity contribution is 0.193. The fraction of sp³-hybridized carbons (Fsp3) is 0.333. The third-order valence-electron chi connectivity index (χ3n) is 3.25. The van der Waals surface area contributed by atoms with Crippen LogP contribution in [-0.4, -0.2) is 17.5 Å². The summed E-state index contributed by atoms with van der Waals surface area (Å²) in [6, 6.07) is 11.7. The summed E-state index contributed by atoms with van der Waals surface area (Å²) in [6.45, 7) is 1.89. The van der Waals surface area contributed by atoms with Crippen molar-refractivity contribution in [2.75, 3.05) is 12.4 Å². The van der Waals surface area contributed by atoms with Gasteiger partial charge in [-0.1, -0.05) is 30.3 Å². The molecule has 19 heavy (non-hydrogen) atoms. The van der Waals surface area contributed by atoms with Crippen molar-refractivity contribution in [1.29, 1.82) is 0 Å². The van der Waals surface area contributed by atoms with Gasteiger partial charge in [0.15, 0.2) is 0 Å². The highest BCUT2D eigenvalue weighted by Crippen LogP contribution is 2.28. The number of aliphatic hydroxyl groups excluding tert-OH is 1. The van der Waals surface area contributed by atoms with Crippen LogP contribution >= 0.6 is 11.8 Å². The van der Waals surface area contributed by atoms with Gasteiger partial charge in [-0.3, -0.25) is 0 Å². The van der Waals surface area contributed by atoms with E-state index in [0.29, 0.717) is 6.42 Å². The lowest BCUT2D eigenvalue weighted by Crippen LogP contribution is -2.41. The Morgan fingerprint density at radius 1 is 1.26 bits per heavy atom. The van der Waals surface area contributed by atoms with Crippen LogP contribution in [0.4, 0.5) is 0 Å². The Labute approximate surface area is 117 Å². The maximum absolute atomic E-state index is 9.60. The highest BCUT2D eigenvalue weighted by Gasteiger charge is 2.26. The van der Waals surface area contributed by atoms with Crippen LogP contribution in [-0.2, 0) is 5.54 Å². The molecule has 3 nitrogen and oxygen atoms in total. The lowest BCUT2D eigenvalue weighted by atomic mass is 9.89. The SMILES string of the molecule is Cc1occc1SCCC(N)(CO)c1ccccc1. The first-order valence-corrected chi connectivity index (χ1v) is 7.26. The predicted molar refractivity (Wildman–Crippen MR) is 78.2 cm³/mol. The van der Waals surface area contributed by atoms with Crippen molar-refractivity contribution >= 4 is 11.8 Å². The van der Waals surface area contributed by atoms with Gasteiger partial charge in [0, 0.05) is 10.6 Å². The van der Waals surface area contributed by atoms with Crippen LogP contribution in [0.1, 0.15) is 17.7 Å². The van der Waals surface area contributed by atoms with Crippen molar-refractivity contribution < 1.29 is 9.52 Å². The molecular weight excluding hydrogens is 258 g/mol. The van der Waals surface area contributed by atoms with E-state index in [2.05, 4.69) is 0 Å². The van der Waals surface area contributed by atoms with E-state index >= 15 is 0 Å². The normalized spacial score (nSPS) is 14.3. The molecule has 1 heterocycles. The topological polar surface area (TPSA) is 59.4 Å². The molecule has 0 radical (unpaired) electrons. The molecule has 0 fully saturated rings. The minimum Gasteiger partial charge on any atom is -0.468 e. The molecule has 2 aromatic rings. The Morgan fingerprint density at radius 3 is 2.58 bits per heavy atom. The van der Waals surface area contributed by atoms with Gasteiger partial charge in [-0.15, -0.1) is 11.8 Å². The summed E-state index contributed by atoms with van der Waals surface area (Å²) in [4.78, 5) is 1.13. The predicted octanol–water partition coefficient (Wildman–Crippen LogP) is 2.92. The molecule has 1 unspecified atom stereocenters.